The number of hydrogen-bond acceptors (Lipinski definition) is 3. The molecular weight excluding hydrogens is 301 g/mol. The largest absolute Gasteiger partial charge is 0.489 e. The summed E-state index contributed by atoms with van der Waals surface area (Å²) in [5, 5.41) is 0. The highest BCUT2D eigenvalue weighted by Gasteiger charge is 2.05. The normalized spacial score (nSPS) is 10.2. The number of rotatable bonds is 4. The van der Waals surface area contributed by atoms with Crippen LogP contribution in [0.25, 0.3) is 0 Å². The molecule has 5 heteroatoms. The molecule has 94 valence electrons. The van der Waals surface area contributed by atoms with Crippen LogP contribution in [0.1, 0.15) is 5.56 Å². The molecule has 0 aliphatic carbocycles. The highest BCUT2D eigenvalue weighted by molar-refractivity contribution is 9.10. The topological polar surface area (TPSA) is 31.4 Å². The van der Waals surface area contributed by atoms with E-state index in [1.165, 1.54) is 6.07 Å². The zero-order valence-corrected chi connectivity index (χ0v) is 11.3. The summed E-state index contributed by atoms with van der Waals surface area (Å²) in [6.07, 6.45) is 1.65. The number of ether oxygens (including phenoxy) is 2. The summed E-state index contributed by atoms with van der Waals surface area (Å²) in [5.41, 5.74) is 0.834. The van der Waals surface area contributed by atoms with Gasteiger partial charge < -0.3 is 9.47 Å². The SMILES string of the molecule is COc1ncccc1COc1ccc(F)c(Br)c1. The van der Waals surface area contributed by atoms with Gasteiger partial charge in [-0.05, 0) is 46.3 Å². The van der Waals surface area contributed by atoms with Crippen LogP contribution in [-0.4, -0.2) is 12.1 Å². The number of hydrogen-bond donors (Lipinski definition) is 0. The second kappa shape index (κ2) is 5.82. The third-order valence-electron chi connectivity index (χ3n) is 2.33. The lowest BCUT2D eigenvalue weighted by Crippen LogP contribution is -2.00. The van der Waals surface area contributed by atoms with E-state index in [4.69, 9.17) is 9.47 Å². The van der Waals surface area contributed by atoms with Crippen molar-refractivity contribution >= 4 is 15.9 Å². The molecule has 0 spiro atoms. The van der Waals surface area contributed by atoms with Gasteiger partial charge in [-0.2, -0.15) is 0 Å². The summed E-state index contributed by atoms with van der Waals surface area (Å²) >= 11 is 3.11. The van der Waals surface area contributed by atoms with Crippen LogP contribution in [0.3, 0.4) is 0 Å². The molecule has 1 aromatic heterocycles. The van der Waals surface area contributed by atoms with Gasteiger partial charge in [0, 0.05) is 6.20 Å². The smallest absolute Gasteiger partial charge is 0.219 e. The summed E-state index contributed by atoms with van der Waals surface area (Å²) in [4.78, 5) is 4.07. The predicted octanol–water partition coefficient (Wildman–Crippen LogP) is 3.57. The third kappa shape index (κ3) is 2.98. The maximum Gasteiger partial charge on any atom is 0.219 e. The van der Waals surface area contributed by atoms with Crippen LogP contribution >= 0.6 is 15.9 Å². The van der Waals surface area contributed by atoms with E-state index in [0.29, 0.717) is 22.7 Å². The molecule has 0 radical (unpaired) electrons. The summed E-state index contributed by atoms with van der Waals surface area (Å²) in [6, 6.07) is 8.17. The molecule has 0 aliphatic rings. The van der Waals surface area contributed by atoms with Crippen molar-refractivity contribution in [1.29, 1.82) is 0 Å². The van der Waals surface area contributed by atoms with Crippen LogP contribution < -0.4 is 9.47 Å². The van der Waals surface area contributed by atoms with Crippen LogP contribution in [-0.2, 0) is 6.61 Å². The molecule has 1 heterocycles. The molecule has 2 aromatic rings. The number of pyridine rings is 1. The van der Waals surface area contributed by atoms with Gasteiger partial charge in [0.1, 0.15) is 18.2 Å². The average molecular weight is 312 g/mol. The van der Waals surface area contributed by atoms with Crippen molar-refractivity contribution in [2.24, 2.45) is 0 Å². The zero-order valence-electron chi connectivity index (χ0n) is 9.69. The maximum atomic E-state index is 13.0. The summed E-state index contributed by atoms with van der Waals surface area (Å²) < 4.78 is 24.1. The van der Waals surface area contributed by atoms with Gasteiger partial charge in [-0.1, -0.05) is 0 Å². The van der Waals surface area contributed by atoms with Gasteiger partial charge in [-0.3, -0.25) is 0 Å². The minimum absolute atomic E-state index is 0.315. The fourth-order valence-corrected chi connectivity index (χ4v) is 1.80. The first kappa shape index (κ1) is 12.8. The molecular formula is C13H11BrFNO2. The van der Waals surface area contributed by atoms with E-state index in [1.54, 1.807) is 25.4 Å². The van der Waals surface area contributed by atoms with E-state index < -0.39 is 0 Å². The number of methoxy groups -OCH3 is 1. The van der Waals surface area contributed by atoms with E-state index in [-0.39, 0.29) is 5.82 Å². The lowest BCUT2D eigenvalue weighted by Gasteiger charge is -2.09. The van der Waals surface area contributed by atoms with Crippen LogP contribution in [0.15, 0.2) is 41.0 Å². The standard InChI is InChI=1S/C13H11BrFNO2/c1-17-13-9(3-2-6-16-13)8-18-10-4-5-12(15)11(14)7-10/h2-7H,8H2,1H3. The number of aromatic nitrogens is 1. The van der Waals surface area contributed by atoms with Gasteiger partial charge in [0.05, 0.1) is 17.1 Å². The Morgan fingerprint density at radius 2 is 2.17 bits per heavy atom. The van der Waals surface area contributed by atoms with Gasteiger partial charge in [-0.15, -0.1) is 0 Å². The second-order valence-electron chi connectivity index (χ2n) is 3.54. The molecule has 0 aliphatic heterocycles. The van der Waals surface area contributed by atoms with E-state index >= 15 is 0 Å². The minimum atomic E-state index is -0.318. The van der Waals surface area contributed by atoms with Crippen molar-refractivity contribution in [2.45, 2.75) is 6.61 Å². The fourth-order valence-electron chi connectivity index (χ4n) is 1.45. The highest BCUT2D eigenvalue weighted by Crippen LogP contribution is 2.23. The molecule has 0 unspecified atom stereocenters. The first-order valence-corrected chi connectivity index (χ1v) is 6.05. The molecule has 0 fully saturated rings. The summed E-state index contributed by atoms with van der Waals surface area (Å²) in [5.74, 6) is 0.786. The van der Waals surface area contributed by atoms with Gasteiger partial charge in [0.2, 0.25) is 5.88 Å². The lowest BCUT2D eigenvalue weighted by atomic mass is 10.3. The Hall–Kier alpha value is -1.62. The summed E-state index contributed by atoms with van der Waals surface area (Å²) in [7, 11) is 1.56. The van der Waals surface area contributed by atoms with E-state index in [0.717, 1.165) is 5.56 Å². The highest BCUT2D eigenvalue weighted by atomic mass is 79.9. The van der Waals surface area contributed by atoms with Crippen molar-refractivity contribution in [2.75, 3.05) is 7.11 Å². The molecule has 18 heavy (non-hydrogen) atoms. The molecule has 2 rings (SSSR count). The lowest BCUT2D eigenvalue weighted by molar-refractivity contribution is 0.293. The Balaban J connectivity index is 2.09. The maximum absolute atomic E-state index is 13.0. The molecule has 0 amide bonds. The molecule has 3 nitrogen and oxygen atoms in total. The Bertz CT molecular complexity index is 548. The third-order valence-corrected chi connectivity index (χ3v) is 2.94. The van der Waals surface area contributed by atoms with E-state index in [2.05, 4.69) is 20.9 Å². The van der Waals surface area contributed by atoms with Crippen molar-refractivity contribution in [3.8, 4) is 11.6 Å². The summed E-state index contributed by atoms with van der Waals surface area (Å²) in [6.45, 7) is 0.315. The molecule has 0 atom stereocenters. The Labute approximate surface area is 113 Å². The monoisotopic (exact) mass is 311 g/mol. The fraction of sp³-hybridized carbons (Fsp3) is 0.154. The van der Waals surface area contributed by atoms with Crippen molar-refractivity contribution in [1.82, 2.24) is 4.98 Å². The second-order valence-corrected chi connectivity index (χ2v) is 4.39. The first-order valence-electron chi connectivity index (χ1n) is 5.26. The van der Waals surface area contributed by atoms with Gasteiger partial charge in [0.25, 0.3) is 0 Å². The quantitative estimate of drug-likeness (QED) is 0.865. The first-order chi connectivity index (χ1) is 8.70. The van der Waals surface area contributed by atoms with E-state index in [1.807, 2.05) is 12.1 Å². The van der Waals surface area contributed by atoms with Crippen molar-refractivity contribution < 1.29 is 13.9 Å². The molecule has 0 N–H and O–H groups in total. The van der Waals surface area contributed by atoms with Gasteiger partial charge in [-0.25, -0.2) is 9.37 Å². The van der Waals surface area contributed by atoms with Crippen LogP contribution in [0.2, 0.25) is 0 Å². The Morgan fingerprint density at radius 1 is 1.33 bits per heavy atom. The molecule has 0 bridgehead atoms. The van der Waals surface area contributed by atoms with Gasteiger partial charge in [0.15, 0.2) is 0 Å². The molecule has 0 saturated carbocycles. The van der Waals surface area contributed by atoms with Gasteiger partial charge >= 0.3 is 0 Å². The Kier molecular flexibility index (Phi) is 4.15. The molecule has 1 aromatic carbocycles. The number of nitrogens with zero attached hydrogens (tertiary/aromatic N) is 1. The van der Waals surface area contributed by atoms with E-state index in [9.17, 15) is 4.39 Å². The number of benzene rings is 1. The number of halogens is 2. The Morgan fingerprint density at radius 3 is 2.89 bits per heavy atom. The van der Waals surface area contributed by atoms with Crippen LogP contribution in [0.4, 0.5) is 4.39 Å². The minimum Gasteiger partial charge on any atom is -0.489 e. The molecule has 0 saturated heterocycles. The van der Waals surface area contributed by atoms with Crippen LogP contribution in [0.5, 0.6) is 11.6 Å². The predicted molar refractivity (Wildman–Crippen MR) is 69.2 cm³/mol. The zero-order chi connectivity index (χ0) is 13.0. The van der Waals surface area contributed by atoms with Crippen molar-refractivity contribution in [3.05, 3.63) is 52.4 Å². The van der Waals surface area contributed by atoms with Crippen molar-refractivity contribution in [3.63, 3.8) is 0 Å². The average Bonchev–Trinajstić information content (AvgIpc) is 2.40. The van der Waals surface area contributed by atoms with Crippen LogP contribution in [0, 0.1) is 5.82 Å².